The first-order chi connectivity index (χ1) is 7.63. The molecule has 16 heavy (non-hydrogen) atoms. The molecule has 2 rings (SSSR count). The lowest BCUT2D eigenvalue weighted by atomic mass is 9.76. The van der Waals surface area contributed by atoms with Gasteiger partial charge in [0.05, 0.1) is 13.0 Å². The number of carboxylic acids is 1. The van der Waals surface area contributed by atoms with Gasteiger partial charge in [0.15, 0.2) is 0 Å². The first-order valence-corrected chi connectivity index (χ1v) is 5.53. The van der Waals surface area contributed by atoms with Gasteiger partial charge in [0.2, 0.25) is 0 Å². The van der Waals surface area contributed by atoms with Crippen LogP contribution >= 0.6 is 0 Å². The summed E-state index contributed by atoms with van der Waals surface area (Å²) in [5.74, 6) is 0.00161. The summed E-state index contributed by atoms with van der Waals surface area (Å²) in [7, 11) is 1.65. The topological polar surface area (TPSA) is 46.5 Å². The van der Waals surface area contributed by atoms with Gasteiger partial charge in [0.25, 0.3) is 0 Å². The van der Waals surface area contributed by atoms with Gasteiger partial charge in [-0.2, -0.15) is 0 Å². The lowest BCUT2D eigenvalue weighted by Gasteiger charge is -2.28. The fourth-order valence-corrected chi connectivity index (χ4v) is 2.48. The molecule has 1 aliphatic carbocycles. The SMILES string of the molecule is COc1ccc2c(c1)CC[C@@H](C(=O)O)[C@H]2C. The van der Waals surface area contributed by atoms with E-state index >= 15 is 0 Å². The molecule has 1 aromatic rings. The highest BCUT2D eigenvalue weighted by Gasteiger charge is 2.31. The Morgan fingerprint density at radius 3 is 2.88 bits per heavy atom. The van der Waals surface area contributed by atoms with E-state index in [0.717, 1.165) is 24.2 Å². The van der Waals surface area contributed by atoms with E-state index < -0.39 is 5.97 Å². The summed E-state index contributed by atoms with van der Waals surface area (Å²) < 4.78 is 5.17. The molecule has 3 nitrogen and oxygen atoms in total. The van der Waals surface area contributed by atoms with Crippen LogP contribution in [0.1, 0.15) is 30.4 Å². The smallest absolute Gasteiger partial charge is 0.307 e. The molecule has 2 atom stereocenters. The van der Waals surface area contributed by atoms with E-state index in [4.69, 9.17) is 9.84 Å². The lowest BCUT2D eigenvalue weighted by molar-refractivity contribution is -0.142. The van der Waals surface area contributed by atoms with E-state index in [9.17, 15) is 4.79 Å². The van der Waals surface area contributed by atoms with Crippen molar-refractivity contribution in [3.05, 3.63) is 29.3 Å². The minimum atomic E-state index is -0.686. The summed E-state index contributed by atoms with van der Waals surface area (Å²) in [5, 5.41) is 9.11. The van der Waals surface area contributed by atoms with Gasteiger partial charge >= 0.3 is 5.97 Å². The molecule has 0 aliphatic heterocycles. The molecule has 0 unspecified atom stereocenters. The molecule has 0 bridgehead atoms. The quantitative estimate of drug-likeness (QED) is 0.832. The fraction of sp³-hybridized carbons (Fsp3) is 0.462. The van der Waals surface area contributed by atoms with Crippen LogP contribution in [0, 0.1) is 5.92 Å². The molecule has 0 saturated carbocycles. The lowest BCUT2D eigenvalue weighted by Crippen LogP contribution is -2.25. The Kier molecular flexibility index (Phi) is 2.86. The number of carbonyl (C=O) groups is 1. The molecule has 0 heterocycles. The molecule has 0 amide bonds. The van der Waals surface area contributed by atoms with Crippen molar-refractivity contribution in [1.29, 1.82) is 0 Å². The van der Waals surface area contributed by atoms with E-state index in [-0.39, 0.29) is 11.8 Å². The summed E-state index contributed by atoms with van der Waals surface area (Å²) in [4.78, 5) is 11.1. The Labute approximate surface area is 95.0 Å². The number of fused-ring (bicyclic) bond motifs is 1. The van der Waals surface area contributed by atoms with Crippen molar-refractivity contribution in [2.24, 2.45) is 5.92 Å². The Morgan fingerprint density at radius 1 is 1.50 bits per heavy atom. The first-order valence-electron chi connectivity index (χ1n) is 5.53. The van der Waals surface area contributed by atoms with Gasteiger partial charge in [-0.15, -0.1) is 0 Å². The van der Waals surface area contributed by atoms with Gasteiger partial charge in [-0.3, -0.25) is 4.79 Å². The van der Waals surface area contributed by atoms with Crippen LogP contribution in [0.4, 0.5) is 0 Å². The second-order valence-corrected chi connectivity index (χ2v) is 4.34. The maximum Gasteiger partial charge on any atom is 0.307 e. The fourth-order valence-electron chi connectivity index (χ4n) is 2.48. The van der Waals surface area contributed by atoms with Crippen molar-refractivity contribution in [3.8, 4) is 5.75 Å². The largest absolute Gasteiger partial charge is 0.497 e. The molecule has 0 saturated heterocycles. The number of carboxylic acid groups (broad SMARTS) is 1. The second-order valence-electron chi connectivity index (χ2n) is 4.34. The van der Waals surface area contributed by atoms with Crippen molar-refractivity contribution in [3.63, 3.8) is 0 Å². The number of benzene rings is 1. The predicted octanol–water partition coefficient (Wildman–Crippen LogP) is 2.45. The standard InChI is InChI=1S/C13H16O3/c1-8-11-6-4-10(16-2)7-9(11)3-5-12(8)13(14)15/h4,6-8,12H,3,5H2,1-2H3,(H,14,15)/t8-,12+/m0/s1. The Balaban J connectivity index is 2.35. The number of rotatable bonds is 2. The Hall–Kier alpha value is -1.51. The molecule has 1 aromatic carbocycles. The second kappa shape index (κ2) is 4.16. The zero-order valence-electron chi connectivity index (χ0n) is 9.56. The van der Waals surface area contributed by atoms with Crippen LogP contribution in [0.15, 0.2) is 18.2 Å². The van der Waals surface area contributed by atoms with Crippen molar-refractivity contribution < 1.29 is 14.6 Å². The molecule has 0 radical (unpaired) electrons. The van der Waals surface area contributed by atoms with Crippen LogP contribution in [-0.2, 0) is 11.2 Å². The molecule has 3 heteroatoms. The number of aliphatic carboxylic acids is 1. The van der Waals surface area contributed by atoms with Crippen LogP contribution in [0.3, 0.4) is 0 Å². The number of hydrogen-bond donors (Lipinski definition) is 1. The van der Waals surface area contributed by atoms with E-state index in [0.29, 0.717) is 0 Å². The zero-order valence-corrected chi connectivity index (χ0v) is 9.56. The summed E-state index contributed by atoms with van der Waals surface area (Å²) >= 11 is 0. The van der Waals surface area contributed by atoms with Gasteiger partial charge in [-0.1, -0.05) is 13.0 Å². The van der Waals surface area contributed by atoms with E-state index in [1.807, 2.05) is 25.1 Å². The maximum absolute atomic E-state index is 11.1. The number of ether oxygens (including phenoxy) is 1. The molecule has 0 spiro atoms. The van der Waals surface area contributed by atoms with Gasteiger partial charge in [0, 0.05) is 0 Å². The number of hydrogen-bond acceptors (Lipinski definition) is 2. The normalized spacial score (nSPS) is 23.6. The summed E-state index contributed by atoms with van der Waals surface area (Å²) in [6.07, 6.45) is 1.55. The van der Waals surface area contributed by atoms with E-state index in [2.05, 4.69) is 0 Å². The molecular weight excluding hydrogens is 204 g/mol. The highest BCUT2D eigenvalue weighted by molar-refractivity contribution is 5.72. The first kappa shape index (κ1) is 11.0. The number of methoxy groups -OCH3 is 1. The summed E-state index contributed by atoms with van der Waals surface area (Å²) in [6, 6.07) is 5.91. The third kappa shape index (κ3) is 1.77. The van der Waals surface area contributed by atoms with Crippen molar-refractivity contribution >= 4 is 5.97 Å². The summed E-state index contributed by atoms with van der Waals surface area (Å²) in [6.45, 7) is 1.99. The van der Waals surface area contributed by atoms with Gasteiger partial charge in [0.1, 0.15) is 5.75 Å². The number of aryl methyl sites for hydroxylation is 1. The predicted molar refractivity (Wildman–Crippen MR) is 60.9 cm³/mol. The average molecular weight is 220 g/mol. The highest BCUT2D eigenvalue weighted by Crippen LogP contribution is 2.37. The highest BCUT2D eigenvalue weighted by atomic mass is 16.5. The van der Waals surface area contributed by atoms with Crippen LogP contribution in [-0.4, -0.2) is 18.2 Å². The van der Waals surface area contributed by atoms with Gasteiger partial charge < -0.3 is 9.84 Å². The third-order valence-electron chi connectivity index (χ3n) is 3.49. The van der Waals surface area contributed by atoms with Crippen LogP contribution in [0.5, 0.6) is 5.75 Å². The minimum absolute atomic E-state index is 0.0900. The van der Waals surface area contributed by atoms with Crippen LogP contribution in [0.2, 0.25) is 0 Å². The monoisotopic (exact) mass is 220 g/mol. The van der Waals surface area contributed by atoms with Crippen molar-refractivity contribution in [1.82, 2.24) is 0 Å². The molecule has 86 valence electrons. The molecule has 0 fully saturated rings. The Bertz CT molecular complexity index is 412. The zero-order chi connectivity index (χ0) is 11.7. The molecule has 1 N–H and O–H groups in total. The maximum atomic E-state index is 11.1. The van der Waals surface area contributed by atoms with E-state index in [1.54, 1.807) is 7.11 Å². The minimum Gasteiger partial charge on any atom is -0.497 e. The van der Waals surface area contributed by atoms with Crippen molar-refractivity contribution in [2.45, 2.75) is 25.7 Å². The van der Waals surface area contributed by atoms with Crippen LogP contribution in [0.25, 0.3) is 0 Å². The van der Waals surface area contributed by atoms with Gasteiger partial charge in [-0.05, 0) is 42.0 Å². The third-order valence-corrected chi connectivity index (χ3v) is 3.49. The Morgan fingerprint density at radius 2 is 2.25 bits per heavy atom. The average Bonchev–Trinajstić information content (AvgIpc) is 2.28. The van der Waals surface area contributed by atoms with Crippen molar-refractivity contribution in [2.75, 3.05) is 7.11 Å². The molecule has 0 aromatic heterocycles. The van der Waals surface area contributed by atoms with E-state index in [1.165, 1.54) is 5.56 Å². The molecule has 1 aliphatic rings. The molecular formula is C13H16O3. The van der Waals surface area contributed by atoms with Gasteiger partial charge in [-0.25, -0.2) is 0 Å². The summed E-state index contributed by atoms with van der Waals surface area (Å²) in [5.41, 5.74) is 2.38. The van der Waals surface area contributed by atoms with Crippen LogP contribution < -0.4 is 4.74 Å².